The monoisotopic (exact) mass is 509 g/mol. The van der Waals surface area contributed by atoms with Crippen molar-refractivity contribution in [3.8, 4) is 11.1 Å². The lowest BCUT2D eigenvalue weighted by Crippen LogP contribution is -2.38. The highest BCUT2D eigenvalue weighted by Crippen LogP contribution is 2.34. The first-order valence-corrected chi connectivity index (χ1v) is 13.3. The number of likely N-dealkylation sites (tertiary alicyclic amines) is 2. The van der Waals surface area contributed by atoms with Crippen LogP contribution in [0.4, 0.5) is 8.78 Å². The van der Waals surface area contributed by atoms with Crippen LogP contribution in [0.15, 0.2) is 53.9 Å². The van der Waals surface area contributed by atoms with Gasteiger partial charge in [0.1, 0.15) is 5.69 Å². The molecule has 0 saturated carbocycles. The zero-order valence-corrected chi connectivity index (χ0v) is 21.1. The average molecular weight is 510 g/mol. The van der Waals surface area contributed by atoms with Gasteiger partial charge in [0.05, 0.1) is 5.01 Å². The summed E-state index contributed by atoms with van der Waals surface area (Å²) in [6.45, 7) is 3.70. The number of halogens is 2. The van der Waals surface area contributed by atoms with E-state index in [-0.39, 0.29) is 23.3 Å². The van der Waals surface area contributed by atoms with Crippen LogP contribution in [0.1, 0.15) is 69.9 Å². The molecule has 2 saturated heterocycles. The summed E-state index contributed by atoms with van der Waals surface area (Å²) >= 11 is 1.54. The van der Waals surface area contributed by atoms with Gasteiger partial charge in [-0.15, -0.1) is 11.3 Å². The molecule has 188 valence electrons. The van der Waals surface area contributed by atoms with Gasteiger partial charge in [0.15, 0.2) is 0 Å². The highest BCUT2D eigenvalue weighted by atomic mass is 32.1. The smallest absolute Gasteiger partial charge is 0.273 e. The largest absolute Gasteiger partial charge is 0.339 e. The summed E-state index contributed by atoms with van der Waals surface area (Å²) in [5.41, 5.74) is 2.53. The van der Waals surface area contributed by atoms with Gasteiger partial charge in [-0.3, -0.25) is 9.59 Å². The number of nitrogens with zero attached hydrogens (tertiary/aromatic N) is 3. The van der Waals surface area contributed by atoms with Crippen LogP contribution in [0.3, 0.4) is 0 Å². The van der Waals surface area contributed by atoms with Gasteiger partial charge in [-0.25, -0.2) is 13.8 Å². The molecule has 0 bridgehead atoms. The number of carbonyl (C=O) groups is 2. The molecule has 2 aliphatic heterocycles. The summed E-state index contributed by atoms with van der Waals surface area (Å²) in [7, 11) is 0. The molecule has 2 amide bonds. The molecule has 0 N–H and O–H groups in total. The number of thiazole rings is 1. The van der Waals surface area contributed by atoms with Crippen molar-refractivity contribution < 1.29 is 18.4 Å². The quantitative estimate of drug-likeness (QED) is 0.413. The Morgan fingerprint density at radius 2 is 1.56 bits per heavy atom. The first-order valence-electron chi connectivity index (χ1n) is 12.4. The van der Waals surface area contributed by atoms with E-state index in [1.54, 1.807) is 18.2 Å². The zero-order chi connectivity index (χ0) is 25.3. The number of benzene rings is 2. The average Bonchev–Trinajstić information content (AvgIpc) is 3.61. The maximum Gasteiger partial charge on any atom is 0.273 e. The van der Waals surface area contributed by atoms with Gasteiger partial charge in [-0.2, -0.15) is 0 Å². The van der Waals surface area contributed by atoms with Crippen molar-refractivity contribution >= 4 is 23.2 Å². The minimum absolute atomic E-state index is 0.0231. The molecule has 1 aromatic heterocycles. The standard InChI is InChI=1S/C28H29F2N3O2S/c1-28(29,30)21-10-8-19(9-11-21)22-6-2-3-7-23(22)26(34)33-16-12-20(13-17-33)25-31-24(18-36-25)27(35)32-14-4-5-15-32/h2-3,6-11,18,20H,4-5,12-17H2,1H3. The molecule has 0 radical (unpaired) electrons. The second-order valence-corrected chi connectivity index (χ2v) is 10.5. The molecule has 8 heteroatoms. The minimum atomic E-state index is -2.90. The Morgan fingerprint density at radius 1 is 0.917 bits per heavy atom. The number of amides is 2. The first kappa shape index (κ1) is 24.6. The van der Waals surface area contributed by atoms with Gasteiger partial charge in [0, 0.05) is 55.5 Å². The molecule has 2 aromatic carbocycles. The molecule has 0 spiro atoms. The summed E-state index contributed by atoms with van der Waals surface area (Å²) < 4.78 is 27.2. The lowest BCUT2D eigenvalue weighted by atomic mass is 9.94. The molecule has 0 aliphatic carbocycles. The van der Waals surface area contributed by atoms with Crippen LogP contribution < -0.4 is 0 Å². The van der Waals surface area contributed by atoms with Crippen LogP contribution in [-0.4, -0.2) is 52.8 Å². The molecule has 3 aromatic rings. The highest BCUT2D eigenvalue weighted by Gasteiger charge is 2.29. The van der Waals surface area contributed by atoms with Crippen LogP contribution in [0.25, 0.3) is 11.1 Å². The Labute approximate surface area is 213 Å². The fourth-order valence-electron chi connectivity index (χ4n) is 5.02. The Hall–Kier alpha value is -3.13. The van der Waals surface area contributed by atoms with Crippen molar-refractivity contribution in [1.82, 2.24) is 14.8 Å². The summed E-state index contributed by atoms with van der Waals surface area (Å²) in [6, 6.07) is 13.5. The second kappa shape index (κ2) is 10.1. The van der Waals surface area contributed by atoms with E-state index in [2.05, 4.69) is 4.98 Å². The third-order valence-electron chi connectivity index (χ3n) is 7.13. The lowest BCUT2D eigenvalue weighted by Gasteiger charge is -2.31. The summed E-state index contributed by atoms with van der Waals surface area (Å²) in [4.78, 5) is 34.5. The van der Waals surface area contributed by atoms with Gasteiger partial charge < -0.3 is 9.80 Å². The third-order valence-corrected chi connectivity index (χ3v) is 8.13. The predicted octanol–water partition coefficient (Wildman–Crippen LogP) is 6.18. The maximum absolute atomic E-state index is 13.6. The van der Waals surface area contributed by atoms with E-state index in [1.807, 2.05) is 33.4 Å². The molecule has 5 rings (SSSR count). The van der Waals surface area contributed by atoms with Gasteiger partial charge in [0.25, 0.3) is 17.7 Å². The maximum atomic E-state index is 13.6. The lowest BCUT2D eigenvalue weighted by molar-refractivity contribution is 0.0175. The molecular formula is C28H29F2N3O2S. The molecule has 36 heavy (non-hydrogen) atoms. The van der Waals surface area contributed by atoms with E-state index in [9.17, 15) is 18.4 Å². The normalized spacial score (nSPS) is 17.0. The SMILES string of the molecule is CC(F)(F)c1ccc(-c2ccccc2C(=O)N2CCC(c3nc(C(=O)N4CCCC4)cs3)CC2)cc1. The fraction of sp³-hybridized carbons (Fsp3) is 0.393. The van der Waals surface area contributed by atoms with E-state index in [4.69, 9.17) is 0 Å². The highest BCUT2D eigenvalue weighted by molar-refractivity contribution is 7.09. The van der Waals surface area contributed by atoms with Crippen molar-refractivity contribution in [2.24, 2.45) is 0 Å². The van der Waals surface area contributed by atoms with Crippen molar-refractivity contribution in [1.29, 1.82) is 0 Å². The Balaban J connectivity index is 1.26. The van der Waals surface area contributed by atoms with Crippen molar-refractivity contribution in [3.05, 3.63) is 75.7 Å². The number of piperidine rings is 1. The topological polar surface area (TPSA) is 53.5 Å². The van der Waals surface area contributed by atoms with Crippen LogP contribution >= 0.6 is 11.3 Å². The van der Waals surface area contributed by atoms with E-state index < -0.39 is 5.92 Å². The number of rotatable bonds is 5. The molecule has 5 nitrogen and oxygen atoms in total. The Kier molecular flexibility index (Phi) is 6.88. The van der Waals surface area contributed by atoms with Crippen molar-refractivity contribution in [2.45, 2.75) is 44.4 Å². The first-order chi connectivity index (χ1) is 17.3. The fourth-order valence-corrected chi connectivity index (χ4v) is 5.98. The number of carbonyl (C=O) groups excluding carboxylic acids is 2. The second-order valence-electron chi connectivity index (χ2n) is 9.65. The Morgan fingerprint density at radius 3 is 2.22 bits per heavy atom. The number of alkyl halides is 2. The van der Waals surface area contributed by atoms with E-state index in [1.165, 1.54) is 23.5 Å². The van der Waals surface area contributed by atoms with E-state index >= 15 is 0 Å². The summed E-state index contributed by atoms with van der Waals surface area (Å²) in [5, 5.41) is 2.83. The molecule has 3 heterocycles. The van der Waals surface area contributed by atoms with Gasteiger partial charge in [-0.05, 0) is 42.9 Å². The van der Waals surface area contributed by atoms with Crippen molar-refractivity contribution in [3.63, 3.8) is 0 Å². The van der Waals surface area contributed by atoms with Gasteiger partial charge >= 0.3 is 0 Å². The van der Waals surface area contributed by atoms with Gasteiger partial charge in [-0.1, -0.05) is 42.5 Å². The number of hydrogen-bond donors (Lipinski definition) is 0. The molecule has 0 atom stereocenters. The molecule has 0 unspecified atom stereocenters. The number of hydrogen-bond acceptors (Lipinski definition) is 4. The van der Waals surface area contributed by atoms with Gasteiger partial charge in [0.2, 0.25) is 0 Å². The predicted molar refractivity (Wildman–Crippen MR) is 137 cm³/mol. The van der Waals surface area contributed by atoms with E-state index in [0.717, 1.165) is 61.8 Å². The summed E-state index contributed by atoms with van der Waals surface area (Å²) in [5.74, 6) is -2.71. The molecular weight excluding hydrogens is 480 g/mol. The van der Waals surface area contributed by atoms with Crippen LogP contribution in [0, 0.1) is 0 Å². The molecule has 2 aliphatic rings. The van der Waals surface area contributed by atoms with Crippen molar-refractivity contribution in [2.75, 3.05) is 26.2 Å². The summed E-state index contributed by atoms with van der Waals surface area (Å²) in [6.07, 6.45) is 3.69. The van der Waals surface area contributed by atoms with Crippen LogP contribution in [0.2, 0.25) is 0 Å². The third kappa shape index (κ3) is 5.05. The van der Waals surface area contributed by atoms with Crippen LogP contribution in [-0.2, 0) is 5.92 Å². The van der Waals surface area contributed by atoms with Crippen LogP contribution in [0.5, 0.6) is 0 Å². The molecule has 2 fully saturated rings. The zero-order valence-electron chi connectivity index (χ0n) is 20.3. The minimum Gasteiger partial charge on any atom is -0.339 e. The van der Waals surface area contributed by atoms with E-state index in [0.29, 0.717) is 24.3 Å². The Bertz CT molecular complexity index is 1240. The number of aromatic nitrogens is 1.